The fourth-order valence-electron chi connectivity index (χ4n) is 2.69. The van der Waals surface area contributed by atoms with E-state index in [0.717, 1.165) is 5.56 Å². The average Bonchev–Trinajstić information content (AvgIpc) is 2.88. The molecule has 138 valence electrons. The number of carbonyl (C=O) groups is 3. The van der Waals surface area contributed by atoms with Crippen molar-refractivity contribution in [3.8, 4) is 0 Å². The van der Waals surface area contributed by atoms with E-state index in [1.165, 1.54) is 4.90 Å². The summed E-state index contributed by atoms with van der Waals surface area (Å²) in [5, 5.41) is 3.12. The molecule has 7 heteroatoms. The standard InChI is InChI=1S/C20H17ClN2O4/c1-12-7-8-14(9-17(12)21)22-18(24)11-27-19(25)10-23-13(2)15-5-3-4-6-16(15)20(23)26/h3-9H,2,10-11H2,1H3,(H,22,24). The van der Waals surface area contributed by atoms with Gasteiger partial charge in [-0.1, -0.05) is 42.4 Å². The van der Waals surface area contributed by atoms with E-state index in [0.29, 0.717) is 27.5 Å². The number of esters is 1. The minimum Gasteiger partial charge on any atom is -0.454 e. The number of fused-ring (bicyclic) bond motifs is 1. The van der Waals surface area contributed by atoms with Crippen molar-refractivity contribution in [1.82, 2.24) is 4.90 Å². The van der Waals surface area contributed by atoms with Gasteiger partial charge in [0.05, 0.1) is 0 Å². The summed E-state index contributed by atoms with van der Waals surface area (Å²) in [4.78, 5) is 37.6. The number of aryl methyl sites for hydroxylation is 1. The highest BCUT2D eigenvalue weighted by Crippen LogP contribution is 2.30. The molecule has 0 bridgehead atoms. The SMILES string of the molecule is C=C1c2ccccc2C(=O)N1CC(=O)OCC(=O)Nc1ccc(C)c(Cl)c1. The highest BCUT2D eigenvalue weighted by atomic mass is 35.5. The van der Waals surface area contributed by atoms with Crippen LogP contribution in [0.25, 0.3) is 5.70 Å². The number of rotatable bonds is 5. The van der Waals surface area contributed by atoms with Gasteiger partial charge in [0.1, 0.15) is 6.54 Å². The van der Waals surface area contributed by atoms with Crippen molar-refractivity contribution >= 4 is 40.8 Å². The molecule has 0 fully saturated rings. The molecule has 0 atom stereocenters. The third kappa shape index (κ3) is 4.01. The Morgan fingerprint density at radius 2 is 1.89 bits per heavy atom. The molecule has 0 saturated carbocycles. The van der Waals surface area contributed by atoms with Gasteiger partial charge in [0.15, 0.2) is 6.61 Å². The average molecular weight is 385 g/mol. The Bertz CT molecular complexity index is 920. The van der Waals surface area contributed by atoms with Crippen LogP contribution in [0.15, 0.2) is 49.0 Å². The van der Waals surface area contributed by atoms with Gasteiger partial charge < -0.3 is 10.1 Å². The Hall–Kier alpha value is -3.12. The van der Waals surface area contributed by atoms with Gasteiger partial charge in [-0.2, -0.15) is 0 Å². The zero-order chi connectivity index (χ0) is 19.6. The summed E-state index contributed by atoms with van der Waals surface area (Å²) in [6, 6.07) is 12.1. The highest BCUT2D eigenvalue weighted by Gasteiger charge is 2.32. The van der Waals surface area contributed by atoms with E-state index < -0.39 is 18.5 Å². The normalized spacial score (nSPS) is 12.7. The second kappa shape index (κ2) is 7.63. The first-order chi connectivity index (χ1) is 12.9. The van der Waals surface area contributed by atoms with Crippen LogP contribution in [0.4, 0.5) is 5.69 Å². The van der Waals surface area contributed by atoms with Crippen molar-refractivity contribution in [3.63, 3.8) is 0 Å². The minimum atomic E-state index is -0.700. The van der Waals surface area contributed by atoms with Gasteiger partial charge in [0.2, 0.25) is 0 Å². The zero-order valence-corrected chi connectivity index (χ0v) is 15.4. The molecule has 1 aliphatic heterocycles. The minimum absolute atomic E-state index is 0.310. The fourth-order valence-corrected chi connectivity index (χ4v) is 2.87. The Balaban J connectivity index is 1.53. The maximum atomic E-state index is 12.3. The third-order valence-corrected chi connectivity index (χ3v) is 4.55. The van der Waals surface area contributed by atoms with Crippen LogP contribution in [0, 0.1) is 6.92 Å². The summed E-state index contributed by atoms with van der Waals surface area (Å²) in [6.07, 6.45) is 0. The van der Waals surface area contributed by atoms with Crippen LogP contribution < -0.4 is 5.32 Å². The molecule has 0 spiro atoms. The van der Waals surface area contributed by atoms with Crippen molar-refractivity contribution in [2.75, 3.05) is 18.5 Å². The van der Waals surface area contributed by atoms with Crippen molar-refractivity contribution in [3.05, 3.63) is 70.8 Å². The van der Waals surface area contributed by atoms with Crippen molar-refractivity contribution in [1.29, 1.82) is 0 Å². The molecule has 0 saturated heterocycles. The maximum Gasteiger partial charge on any atom is 0.326 e. The quantitative estimate of drug-likeness (QED) is 0.803. The highest BCUT2D eigenvalue weighted by molar-refractivity contribution is 6.31. The van der Waals surface area contributed by atoms with Crippen LogP contribution >= 0.6 is 11.6 Å². The van der Waals surface area contributed by atoms with Gasteiger partial charge in [0.25, 0.3) is 11.8 Å². The molecular formula is C20H17ClN2O4. The Morgan fingerprint density at radius 1 is 1.19 bits per heavy atom. The fraction of sp³-hybridized carbons (Fsp3) is 0.150. The number of nitrogens with one attached hydrogen (secondary N) is 1. The monoisotopic (exact) mass is 384 g/mol. The lowest BCUT2D eigenvalue weighted by molar-refractivity contribution is -0.147. The number of hydrogen-bond acceptors (Lipinski definition) is 4. The van der Waals surface area contributed by atoms with Crippen LogP contribution in [0.5, 0.6) is 0 Å². The smallest absolute Gasteiger partial charge is 0.326 e. The predicted molar refractivity (Wildman–Crippen MR) is 102 cm³/mol. The second-order valence-corrected chi connectivity index (χ2v) is 6.46. The van der Waals surface area contributed by atoms with E-state index in [1.807, 2.05) is 6.92 Å². The van der Waals surface area contributed by atoms with E-state index in [4.69, 9.17) is 16.3 Å². The molecular weight excluding hydrogens is 368 g/mol. The Kier molecular flexibility index (Phi) is 5.28. The first kappa shape index (κ1) is 18.7. The summed E-state index contributed by atoms with van der Waals surface area (Å²) in [7, 11) is 0. The number of carbonyl (C=O) groups excluding carboxylic acids is 3. The zero-order valence-electron chi connectivity index (χ0n) is 14.6. The van der Waals surface area contributed by atoms with Gasteiger partial charge in [-0.15, -0.1) is 0 Å². The van der Waals surface area contributed by atoms with E-state index >= 15 is 0 Å². The van der Waals surface area contributed by atoms with Gasteiger partial charge in [0, 0.05) is 27.5 Å². The molecule has 0 unspecified atom stereocenters. The van der Waals surface area contributed by atoms with Gasteiger partial charge in [-0.05, 0) is 30.7 Å². The van der Waals surface area contributed by atoms with Gasteiger partial charge in [-0.25, -0.2) is 0 Å². The molecule has 2 aromatic rings. The summed E-state index contributed by atoms with van der Waals surface area (Å²) in [5.41, 5.74) is 3.00. The molecule has 0 aliphatic carbocycles. The van der Waals surface area contributed by atoms with Crippen molar-refractivity contribution in [2.45, 2.75) is 6.92 Å². The molecule has 1 N–H and O–H groups in total. The second-order valence-electron chi connectivity index (χ2n) is 6.06. The molecule has 3 rings (SSSR count). The number of benzene rings is 2. The molecule has 2 aromatic carbocycles. The van der Waals surface area contributed by atoms with E-state index in [9.17, 15) is 14.4 Å². The summed E-state index contributed by atoms with van der Waals surface area (Å²) >= 11 is 6.00. The number of ether oxygens (including phenoxy) is 1. The summed E-state index contributed by atoms with van der Waals surface area (Å²) in [5.74, 6) is -1.51. The van der Waals surface area contributed by atoms with Crippen LogP contribution in [-0.2, 0) is 14.3 Å². The van der Waals surface area contributed by atoms with Crippen LogP contribution in [0.3, 0.4) is 0 Å². The van der Waals surface area contributed by atoms with E-state index in [1.54, 1.807) is 42.5 Å². The topological polar surface area (TPSA) is 75.7 Å². The van der Waals surface area contributed by atoms with Gasteiger partial charge in [-0.3, -0.25) is 19.3 Å². The largest absolute Gasteiger partial charge is 0.454 e. The Morgan fingerprint density at radius 3 is 2.56 bits per heavy atom. The summed E-state index contributed by atoms with van der Waals surface area (Å²) < 4.78 is 4.97. The lowest BCUT2D eigenvalue weighted by Gasteiger charge is -2.16. The number of halogens is 1. The van der Waals surface area contributed by atoms with Crippen molar-refractivity contribution < 1.29 is 19.1 Å². The lowest BCUT2D eigenvalue weighted by atomic mass is 10.1. The maximum absolute atomic E-state index is 12.3. The predicted octanol–water partition coefficient (Wildman–Crippen LogP) is 3.26. The Labute approximate surface area is 161 Å². The molecule has 0 aromatic heterocycles. The third-order valence-electron chi connectivity index (χ3n) is 4.15. The number of nitrogens with zero attached hydrogens (tertiary/aromatic N) is 1. The molecule has 1 heterocycles. The van der Waals surface area contributed by atoms with Crippen LogP contribution in [0.1, 0.15) is 21.5 Å². The van der Waals surface area contributed by atoms with Crippen molar-refractivity contribution in [2.24, 2.45) is 0 Å². The van der Waals surface area contributed by atoms with Crippen LogP contribution in [0.2, 0.25) is 5.02 Å². The first-order valence-corrected chi connectivity index (χ1v) is 8.56. The number of hydrogen-bond donors (Lipinski definition) is 1. The number of amides is 2. The van der Waals surface area contributed by atoms with Crippen LogP contribution in [-0.4, -0.2) is 35.8 Å². The molecule has 2 amide bonds. The summed E-state index contributed by atoms with van der Waals surface area (Å²) in [6.45, 7) is 4.93. The van der Waals surface area contributed by atoms with Gasteiger partial charge >= 0.3 is 5.97 Å². The molecule has 1 aliphatic rings. The first-order valence-electron chi connectivity index (χ1n) is 8.18. The van der Waals surface area contributed by atoms with E-state index in [2.05, 4.69) is 11.9 Å². The molecule has 0 radical (unpaired) electrons. The molecule has 27 heavy (non-hydrogen) atoms. The number of anilines is 1. The molecule has 6 nitrogen and oxygen atoms in total. The van der Waals surface area contributed by atoms with E-state index in [-0.39, 0.29) is 12.5 Å². The lowest BCUT2D eigenvalue weighted by Crippen LogP contribution is -2.32.